The fourth-order valence-electron chi connectivity index (χ4n) is 1.68. The summed E-state index contributed by atoms with van der Waals surface area (Å²) < 4.78 is 16.0. The molecule has 0 saturated heterocycles. The second-order valence-corrected chi connectivity index (χ2v) is 4.79. The molecule has 0 aromatic heterocycles. The van der Waals surface area contributed by atoms with Gasteiger partial charge >= 0.3 is 0 Å². The second-order valence-electron chi connectivity index (χ2n) is 4.79. The first-order valence-corrected chi connectivity index (χ1v) is 6.75. The second kappa shape index (κ2) is 8.77. The monoisotopic (exact) mass is 267 g/mol. The van der Waals surface area contributed by atoms with E-state index in [1.54, 1.807) is 7.11 Å². The minimum absolute atomic E-state index is 0.227. The van der Waals surface area contributed by atoms with E-state index in [1.807, 2.05) is 25.1 Å². The smallest absolute Gasteiger partial charge is 0.188 e. The van der Waals surface area contributed by atoms with Gasteiger partial charge in [0.1, 0.15) is 0 Å². The Kier molecular flexibility index (Phi) is 7.30. The molecule has 19 heavy (non-hydrogen) atoms. The lowest BCUT2D eigenvalue weighted by Crippen LogP contribution is -2.19. The molecule has 1 aromatic rings. The molecule has 0 saturated carbocycles. The van der Waals surface area contributed by atoms with E-state index in [0.717, 1.165) is 24.6 Å². The van der Waals surface area contributed by atoms with Crippen molar-refractivity contribution >= 4 is 0 Å². The fraction of sp³-hybridized carbons (Fsp3) is 0.600. The van der Waals surface area contributed by atoms with Crippen molar-refractivity contribution in [3.05, 3.63) is 23.8 Å². The van der Waals surface area contributed by atoms with Crippen LogP contribution in [0.2, 0.25) is 0 Å². The van der Waals surface area contributed by atoms with Crippen LogP contribution in [0.25, 0.3) is 0 Å². The average molecular weight is 267 g/mol. The van der Waals surface area contributed by atoms with E-state index >= 15 is 0 Å². The zero-order valence-corrected chi connectivity index (χ0v) is 12.4. The van der Waals surface area contributed by atoms with Crippen molar-refractivity contribution in [3.63, 3.8) is 0 Å². The Balaban J connectivity index is 2.65. The van der Waals surface area contributed by atoms with Crippen LogP contribution in [0.15, 0.2) is 18.2 Å². The Bertz CT molecular complexity index is 366. The quantitative estimate of drug-likeness (QED) is 0.698. The van der Waals surface area contributed by atoms with E-state index in [-0.39, 0.29) is 6.79 Å². The van der Waals surface area contributed by atoms with Crippen LogP contribution in [0.4, 0.5) is 0 Å². The lowest BCUT2D eigenvalue weighted by atomic mass is 10.2. The van der Waals surface area contributed by atoms with Crippen molar-refractivity contribution in [1.29, 1.82) is 0 Å². The number of hydrogen-bond donors (Lipinski definition) is 1. The van der Waals surface area contributed by atoms with E-state index in [1.165, 1.54) is 5.56 Å². The average Bonchev–Trinajstić information content (AvgIpc) is 2.38. The van der Waals surface area contributed by atoms with Crippen molar-refractivity contribution in [2.75, 3.05) is 27.1 Å². The third-order valence-electron chi connectivity index (χ3n) is 2.52. The van der Waals surface area contributed by atoms with Crippen LogP contribution >= 0.6 is 0 Å². The van der Waals surface area contributed by atoms with Crippen LogP contribution in [0, 0.1) is 5.92 Å². The summed E-state index contributed by atoms with van der Waals surface area (Å²) in [5, 5.41) is 3.41. The van der Waals surface area contributed by atoms with Crippen molar-refractivity contribution in [3.8, 4) is 11.5 Å². The zero-order chi connectivity index (χ0) is 14.1. The highest BCUT2D eigenvalue weighted by atomic mass is 16.7. The van der Waals surface area contributed by atoms with Gasteiger partial charge in [0.15, 0.2) is 18.3 Å². The summed E-state index contributed by atoms with van der Waals surface area (Å²) in [6.45, 7) is 9.04. The number of hydrogen-bond acceptors (Lipinski definition) is 4. The molecule has 0 unspecified atom stereocenters. The maximum atomic E-state index is 5.59. The highest BCUT2D eigenvalue weighted by Crippen LogP contribution is 2.28. The number of nitrogens with one attached hydrogen (secondary N) is 1. The summed E-state index contributed by atoms with van der Waals surface area (Å²) in [5.74, 6) is 2.13. The van der Waals surface area contributed by atoms with Gasteiger partial charge in [0, 0.05) is 13.7 Å². The van der Waals surface area contributed by atoms with Gasteiger partial charge in [-0.15, -0.1) is 0 Å². The maximum Gasteiger partial charge on any atom is 0.188 e. The molecule has 1 rings (SSSR count). The molecule has 0 radical (unpaired) electrons. The summed E-state index contributed by atoms with van der Waals surface area (Å²) >= 11 is 0. The van der Waals surface area contributed by atoms with Crippen molar-refractivity contribution in [2.24, 2.45) is 5.92 Å². The number of rotatable bonds is 9. The topological polar surface area (TPSA) is 39.7 Å². The molecule has 0 heterocycles. The molecule has 0 aliphatic carbocycles. The standard InChI is InChI=1S/C15H25NO3/c1-5-18-15-8-13(10-16-9-12(2)3)6-7-14(15)19-11-17-4/h6-8,12,16H,5,9-11H2,1-4H3. The molecule has 4 nitrogen and oxygen atoms in total. The van der Waals surface area contributed by atoms with Crippen LogP contribution in [-0.2, 0) is 11.3 Å². The molecule has 0 atom stereocenters. The van der Waals surface area contributed by atoms with Gasteiger partial charge in [0.25, 0.3) is 0 Å². The normalized spacial score (nSPS) is 10.8. The first kappa shape index (κ1) is 15.8. The Hall–Kier alpha value is -1.26. The Morgan fingerprint density at radius 2 is 1.95 bits per heavy atom. The van der Waals surface area contributed by atoms with Gasteiger partial charge in [-0.3, -0.25) is 0 Å². The molecule has 0 spiro atoms. The van der Waals surface area contributed by atoms with E-state index in [9.17, 15) is 0 Å². The summed E-state index contributed by atoms with van der Waals surface area (Å²) in [6, 6.07) is 5.99. The van der Waals surface area contributed by atoms with Crippen LogP contribution in [-0.4, -0.2) is 27.1 Å². The Morgan fingerprint density at radius 3 is 2.58 bits per heavy atom. The van der Waals surface area contributed by atoms with Crippen LogP contribution < -0.4 is 14.8 Å². The van der Waals surface area contributed by atoms with Gasteiger partial charge in [0.05, 0.1) is 6.61 Å². The lowest BCUT2D eigenvalue weighted by molar-refractivity contribution is 0.0487. The number of methoxy groups -OCH3 is 1. The van der Waals surface area contributed by atoms with Gasteiger partial charge in [-0.05, 0) is 37.1 Å². The highest BCUT2D eigenvalue weighted by Gasteiger charge is 2.06. The minimum atomic E-state index is 0.227. The van der Waals surface area contributed by atoms with E-state index < -0.39 is 0 Å². The predicted octanol–water partition coefficient (Wildman–Crippen LogP) is 2.81. The SMILES string of the molecule is CCOc1cc(CNCC(C)C)ccc1OCOC. The van der Waals surface area contributed by atoms with Gasteiger partial charge < -0.3 is 19.5 Å². The van der Waals surface area contributed by atoms with Crippen LogP contribution in [0.3, 0.4) is 0 Å². The van der Waals surface area contributed by atoms with Crippen molar-refractivity contribution in [1.82, 2.24) is 5.32 Å². The zero-order valence-electron chi connectivity index (χ0n) is 12.4. The molecule has 0 aliphatic heterocycles. The summed E-state index contributed by atoms with van der Waals surface area (Å²) in [6.07, 6.45) is 0. The van der Waals surface area contributed by atoms with Gasteiger partial charge in [-0.1, -0.05) is 19.9 Å². The van der Waals surface area contributed by atoms with E-state index in [2.05, 4.69) is 19.2 Å². The molecule has 0 amide bonds. The summed E-state index contributed by atoms with van der Waals surface area (Å²) in [5.41, 5.74) is 1.19. The fourth-order valence-corrected chi connectivity index (χ4v) is 1.68. The first-order valence-electron chi connectivity index (χ1n) is 6.75. The Labute approximate surface area is 116 Å². The minimum Gasteiger partial charge on any atom is -0.490 e. The Morgan fingerprint density at radius 1 is 1.16 bits per heavy atom. The van der Waals surface area contributed by atoms with E-state index in [4.69, 9.17) is 14.2 Å². The molecule has 0 bridgehead atoms. The number of benzene rings is 1. The summed E-state index contributed by atoms with van der Waals surface area (Å²) in [4.78, 5) is 0. The third-order valence-corrected chi connectivity index (χ3v) is 2.52. The van der Waals surface area contributed by atoms with Gasteiger partial charge in [-0.25, -0.2) is 0 Å². The van der Waals surface area contributed by atoms with Crippen molar-refractivity contribution in [2.45, 2.75) is 27.3 Å². The van der Waals surface area contributed by atoms with Crippen molar-refractivity contribution < 1.29 is 14.2 Å². The third kappa shape index (κ3) is 5.94. The molecule has 1 aromatic carbocycles. The maximum absolute atomic E-state index is 5.59. The molecule has 0 aliphatic rings. The molecular weight excluding hydrogens is 242 g/mol. The first-order chi connectivity index (χ1) is 9.17. The lowest BCUT2D eigenvalue weighted by Gasteiger charge is -2.13. The van der Waals surface area contributed by atoms with Gasteiger partial charge in [-0.2, -0.15) is 0 Å². The predicted molar refractivity (Wildman–Crippen MR) is 76.7 cm³/mol. The highest BCUT2D eigenvalue weighted by molar-refractivity contribution is 5.43. The molecule has 1 N–H and O–H groups in total. The van der Waals surface area contributed by atoms with Crippen LogP contribution in [0.1, 0.15) is 26.3 Å². The molecule has 0 fully saturated rings. The van der Waals surface area contributed by atoms with Gasteiger partial charge in [0.2, 0.25) is 0 Å². The van der Waals surface area contributed by atoms with E-state index in [0.29, 0.717) is 12.5 Å². The molecule has 108 valence electrons. The molecular formula is C15H25NO3. The largest absolute Gasteiger partial charge is 0.490 e. The number of ether oxygens (including phenoxy) is 3. The molecule has 4 heteroatoms. The summed E-state index contributed by atoms with van der Waals surface area (Å²) in [7, 11) is 1.60. The van der Waals surface area contributed by atoms with Crippen LogP contribution in [0.5, 0.6) is 11.5 Å².